The van der Waals surface area contributed by atoms with Gasteiger partial charge in [-0.05, 0) is 13.5 Å². The van der Waals surface area contributed by atoms with Crippen molar-refractivity contribution in [3.63, 3.8) is 0 Å². The van der Waals surface area contributed by atoms with Crippen LogP contribution in [-0.4, -0.2) is 59.4 Å². The molecular formula is C13H20N4O5S. The first-order chi connectivity index (χ1) is 10.5. The van der Waals surface area contributed by atoms with Gasteiger partial charge in [0.25, 0.3) is 5.56 Å². The molecule has 0 saturated carbocycles. The summed E-state index contributed by atoms with van der Waals surface area (Å²) in [5.41, 5.74) is 4.13. The van der Waals surface area contributed by atoms with E-state index in [1.165, 1.54) is 14.1 Å². The molecule has 1 aromatic heterocycles. The van der Waals surface area contributed by atoms with Gasteiger partial charge in [-0.2, -0.15) is 0 Å². The molecule has 9 nitrogen and oxygen atoms in total. The Bertz CT molecular complexity index is 868. The Morgan fingerprint density at radius 2 is 1.91 bits per heavy atom. The summed E-state index contributed by atoms with van der Waals surface area (Å²) in [6.45, 7) is -0.141. The predicted octanol–water partition coefficient (Wildman–Crippen LogP) is -2.03. The molecule has 0 aromatic carbocycles. The number of ketones is 1. The van der Waals surface area contributed by atoms with Crippen molar-refractivity contribution in [2.24, 2.45) is 14.1 Å². The van der Waals surface area contributed by atoms with Gasteiger partial charge in [0.2, 0.25) is 0 Å². The Labute approximate surface area is 133 Å². The Morgan fingerprint density at radius 3 is 2.43 bits per heavy atom. The van der Waals surface area contributed by atoms with E-state index in [0.29, 0.717) is 6.42 Å². The fraction of sp³-hybridized carbons (Fsp3) is 0.615. The van der Waals surface area contributed by atoms with Gasteiger partial charge in [0, 0.05) is 20.1 Å². The molecular weight excluding hydrogens is 324 g/mol. The summed E-state index contributed by atoms with van der Waals surface area (Å²) in [4.78, 5) is 37.9. The van der Waals surface area contributed by atoms with Crippen LogP contribution in [-0.2, 0) is 23.9 Å². The average molecular weight is 344 g/mol. The van der Waals surface area contributed by atoms with E-state index in [4.69, 9.17) is 5.73 Å². The number of carbonyl (C=O) groups is 1. The molecule has 0 radical (unpaired) electrons. The fourth-order valence-electron chi connectivity index (χ4n) is 2.68. The van der Waals surface area contributed by atoms with Gasteiger partial charge in [0.1, 0.15) is 11.4 Å². The lowest BCUT2D eigenvalue weighted by Gasteiger charge is -2.22. The van der Waals surface area contributed by atoms with E-state index in [2.05, 4.69) is 0 Å². The maximum Gasteiger partial charge on any atom is 0.332 e. The first-order valence-corrected chi connectivity index (χ1v) is 8.86. The van der Waals surface area contributed by atoms with Crippen LogP contribution in [0.2, 0.25) is 0 Å². The Balaban J connectivity index is 2.29. The third-order valence-corrected chi connectivity index (χ3v) is 5.96. The van der Waals surface area contributed by atoms with Crippen molar-refractivity contribution in [2.75, 3.05) is 30.8 Å². The van der Waals surface area contributed by atoms with E-state index in [1.54, 1.807) is 11.9 Å². The van der Waals surface area contributed by atoms with Gasteiger partial charge in [-0.1, -0.05) is 0 Å². The number of rotatable bonds is 4. The molecule has 0 spiro atoms. The van der Waals surface area contributed by atoms with Gasteiger partial charge in [-0.15, -0.1) is 0 Å². The Morgan fingerprint density at radius 1 is 1.30 bits per heavy atom. The first-order valence-electron chi connectivity index (χ1n) is 7.04. The van der Waals surface area contributed by atoms with Crippen LogP contribution in [0.25, 0.3) is 0 Å². The highest BCUT2D eigenvalue weighted by atomic mass is 32.2. The lowest BCUT2D eigenvalue weighted by Crippen LogP contribution is -2.44. The third-order valence-electron chi connectivity index (χ3n) is 4.21. The van der Waals surface area contributed by atoms with Gasteiger partial charge in [-0.3, -0.25) is 23.6 Å². The number of hydrogen-bond acceptors (Lipinski definition) is 7. The summed E-state index contributed by atoms with van der Waals surface area (Å²) in [5, 5.41) is 0. The molecule has 2 heterocycles. The third kappa shape index (κ3) is 3.22. The molecule has 10 heteroatoms. The SMILES string of the molecule is CN(CC(=O)c1c(N)n(C)c(=O)n(C)c1=O)[C@H]1CCS(=O)(=O)C1. The molecule has 2 rings (SSSR count). The summed E-state index contributed by atoms with van der Waals surface area (Å²) in [5.74, 6) is -0.627. The van der Waals surface area contributed by atoms with Gasteiger partial charge >= 0.3 is 5.69 Å². The largest absolute Gasteiger partial charge is 0.384 e. The van der Waals surface area contributed by atoms with Crippen LogP contribution < -0.4 is 17.0 Å². The van der Waals surface area contributed by atoms with Crippen LogP contribution >= 0.6 is 0 Å². The quantitative estimate of drug-likeness (QED) is 0.624. The molecule has 2 N–H and O–H groups in total. The number of Topliss-reactive ketones (excluding diaryl/α,β-unsaturated/α-hetero) is 1. The number of hydrogen-bond donors (Lipinski definition) is 1. The molecule has 0 unspecified atom stereocenters. The minimum atomic E-state index is -3.07. The van der Waals surface area contributed by atoms with Crippen molar-refractivity contribution in [1.29, 1.82) is 0 Å². The number of aromatic nitrogens is 2. The van der Waals surface area contributed by atoms with Crippen molar-refractivity contribution in [3.05, 3.63) is 26.4 Å². The molecule has 1 atom stereocenters. The number of carbonyl (C=O) groups excluding carboxylic acids is 1. The number of likely N-dealkylation sites (N-methyl/N-ethyl adjacent to an activating group) is 1. The van der Waals surface area contributed by atoms with Crippen LogP contribution in [0.15, 0.2) is 9.59 Å². The van der Waals surface area contributed by atoms with E-state index in [-0.39, 0.29) is 35.5 Å². The van der Waals surface area contributed by atoms with Crippen LogP contribution in [0.3, 0.4) is 0 Å². The first kappa shape index (κ1) is 17.4. The summed E-state index contributed by atoms with van der Waals surface area (Å²) < 4.78 is 24.9. The molecule has 0 amide bonds. The van der Waals surface area contributed by atoms with E-state index in [1.807, 2.05) is 0 Å². The van der Waals surface area contributed by atoms with Gasteiger partial charge in [-0.25, -0.2) is 13.2 Å². The summed E-state index contributed by atoms with van der Waals surface area (Å²) in [7, 11) is 1.21. The molecule has 0 bridgehead atoms. The number of nitrogen functional groups attached to an aromatic ring is 1. The minimum Gasteiger partial charge on any atom is -0.384 e. The molecule has 1 fully saturated rings. The van der Waals surface area contributed by atoms with Crippen molar-refractivity contribution in [1.82, 2.24) is 14.0 Å². The van der Waals surface area contributed by atoms with Gasteiger partial charge in [0.05, 0.1) is 18.1 Å². The van der Waals surface area contributed by atoms with E-state index in [0.717, 1.165) is 9.13 Å². The van der Waals surface area contributed by atoms with Crippen LogP contribution in [0, 0.1) is 0 Å². The predicted molar refractivity (Wildman–Crippen MR) is 85.4 cm³/mol. The van der Waals surface area contributed by atoms with Crippen molar-refractivity contribution < 1.29 is 13.2 Å². The zero-order valence-electron chi connectivity index (χ0n) is 13.3. The van der Waals surface area contributed by atoms with Crippen molar-refractivity contribution in [2.45, 2.75) is 12.5 Å². The number of nitrogens with two attached hydrogens (primary N) is 1. The number of sulfone groups is 1. The van der Waals surface area contributed by atoms with Crippen molar-refractivity contribution in [3.8, 4) is 0 Å². The number of nitrogens with zero attached hydrogens (tertiary/aromatic N) is 3. The minimum absolute atomic E-state index is 0.00243. The summed E-state index contributed by atoms with van der Waals surface area (Å²) >= 11 is 0. The highest BCUT2D eigenvalue weighted by Crippen LogP contribution is 2.17. The topological polar surface area (TPSA) is 124 Å². The van der Waals surface area contributed by atoms with E-state index in [9.17, 15) is 22.8 Å². The molecule has 1 saturated heterocycles. The lowest BCUT2D eigenvalue weighted by atomic mass is 10.1. The lowest BCUT2D eigenvalue weighted by molar-refractivity contribution is 0.0924. The van der Waals surface area contributed by atoms with Crippen molar-refractivity contribution >= 4 is 21.4 Å². The molecule has 1 aliphatic heterocycles. The zero-order valence-corrected chi connectivity index (χ0v) is 14.1. The highest BCUT2D eigenvalue weighted by Gasteiger charge is 2.32. The normalized spacial score (nSPS) is 20.1. The molecule has 128 valence electrons. The summed E-state index contributed by atoms with van der Waals surface area (Å²) in [6, 6.07) is -0.262. The average Bonchev–Trinajstić information content (AvgIpc) is 2.83. The molecule has 0 aliphatic carbocycles. The maximum atomic E-state index is 12.4. The Hall–Kier alpha value is -1.94. The van der Waals surface area contributed by atoms with Crippen LogP contribution in [0.4, 0.5) is 5.82 Å². The maximum absolute atomic E-state index is 12.4. The van der Waals surface area contributed by atoms with Crippen LogP contribution in [0.5, 0.6) is 0 Å². The van der Waals surface area contributed by atoms with Gasteiger partial charge < -0.3 is 5.73 Å². The molecule has 23 heavy (non-hydrogen) atoms. The van der Waals surface area contributed by atoms with Crippen LogP contribution in [0.1, 0.15) is 16.8 Å². The second-order valence-corrected chi connectivity index (χ2v) is 8.09. The highest BCUT2D eigenvalue weighted by molar-refractivity contribution is 7.91. The molecule has 1 aliphatic rings. The fourth-order valence-corrected chi connectivity index (χ4v) is 4.48. The molecule has 1 aromatic rings. The monoisotopic (exact) mass is 344 g/mol. The second kappa shape index (κ2) is 5.93. The Kier molecular flexibility index (Phi) is 4.49. The van der Waals surface area contributed by atoms with E-state index >= 15 is 0 Å². The zero-order chi connectivity index (χ0) is 17.5. The van der Waals surface area contributed by atoms with E-state index < -0.39 is 26.9 Å². The van der Waals surface area contributed by atoms with Gasteiger partial charge in [0.15, 0.2) is 15.6 Å². The second-order valence-electron chi connectivity index (χ2n) is 5.86. The summed E-state index contributed by atoms with van der Waals surface area (Å²) in [6.07, 6.45) is 0.451. The smallest absolute Gasteiger partial charge is 0.332 e. The standard InChI is InChI=1S/C13H20N4O5S/c1-15(8-4-5-23(21,22)7-8)6-9(18)10-11(14)16(2)13(20)17(3)12(10)19/h8H,4-7,14H2,1-3H3/t8-/m0/s1. The number of anilines is 1.